The number of nitrogens with one attached hydrogen (secondary N) is 1. The van der Waals surface area contributed by atoms with Crippen LogP contribution in [-0.2, 0) is 20.9 Å². The molecule has 0 aromatic heterocycles. The second-order valence-electron chi connectivity index (χ2n) is 7.28. The number of amides is 2. The van der Waals surface area contributed by atoms with Crippen LogP contribution >= 0.6 is 12.4 Å². The molecule has 0 saturated carbocycles. The molecule has 6 nitrogen and oxygen atoms in total. The van der Waals surface area contributed by atoms with Crippen molar-refractivity contribution in [3.05, 3.63) is 35.9 Å². The molecule has 0 radical (unpaired) electrons. The van der Waals surface area contributed by atoms with Crippen molar-refractivity contribution in [1.82, 2.24) is 10.2 Å². The van der Waals surface area contributed by atoms with Gasteiger partial charge in [-0.05, 0) is 37.2 Å². The molecule has 1 aromatic rings. The van der Waals surface area contributed by atoms with Crippen LogP contribution in [0.3, 0.4) is 0 Å². The Morgan fingerprint density at radius 1 is 1.11 bits per heavy atom. The number of piperidine rings is 1. The lowest BCUT2D eigenvalue weighted by atomic mass is 9.90. The van der Waals surface area contributed by atoms with E-state index in [-0.39, 0.29) is 36.1 Å². The summed E-state index contributed by atoms with van der Waals surface area (Å²) in [6, 6.07) is 9.45. The molecule has 0 spiro atoms. The molecule has 1 unspecified atom stereocenters. The van der Waals surface area contributed by atoms with Crippen LogP contribution in [0.5, 0.6) is 0 Å². The molecule has 2 amide bonds. The van der Waals surface area contributed by atoms with Gasteiger partial charge in [0, 0.05) is 38.8 Å². The first-order valence-corrected chi connectivity index (χ1v) is 9.59. The lowest BCUT2D eigenvalue weighted by Crippen LogP contribution is -2.52. The van der Waals surface area contributed by atoms with Gasteiger partial charge in [-0.3, -0.25) is 9.59 Å². The van der Waals surface area contributed by atoms with Crippen LogP contribution in [0.15, 0.2) is 30.3 Å². The number of benzene rings is 1. The average molecular weight is 396 g/mol. The van der Waals surface area contributed by atoms with Gasteiger partial charge in [0.2, 0.25) is 11.8 Å². The number of halogens is 1. The van der Waals surface area contributed by atoms with Gasteiger partial charge in [-0.25, -0.2) is 0 Å². The van der Waals surface area contributed by atoms with Crippen LogP contribution in [0.4, 0.5) is 0 Å². The summed E-state index contributed by atoms with van der Waals surface area (Å²) < 4.78 is 5.35. The van der Waals surface area contributed by atoms with Crippen molar-refractivity contribution in [2.45, 2.75) is 38.3 Å². The number of hydrogen-bond acceptors (Lipinski definition) is 4. The van der Waals surface area contributed by atoms with Gasteiger partial charge < -0.3 is 20.7 Å². The highest BCUT2D eigenvalue weighted by atomic mass is 35.5. The number of rotatable bonds is 5. The van der Waals surface area contributed by atoms with Crippen LogP contribution in [-0.4, -0.2) is 49.1 Å². The highest BCUT2D eigenvalue weighted by Gasteiger charge is 2.33. The molecule has 2 heterocycles. The summed E-state index contributed by atoms with van der Waals surface area (Å²) in [4.78, 5) is 26.9. The van der Waals surface area contributed by atoms with E-state index in [1.165, 1.54) is 0 Å². The zero-order valence-electron chi connectivity index (χ0n) is 15.6. The number of hydrogen-bond donors (Lipinski definition) is 2. The van der Waals surface area contributed by atoms with E-state index in [2.05, 4.69) is 5.32 Å². The van der Waals surface area contributed by atoms with Crippen molar-refractivity contribution < 1.29 is 14.3 Å². The summed E-state index contributed by atoms with van der Waals surface area (Å²) in [7, 11) is 0. The Morgan fingerprint density at radius 2 is 1.74 bits per heavy atom. The number of ether oxygens (including phenoxy) is 1. The van der Waals surface area contributed by atoms with Gasteiger partial charge in [0.15, 0.2) is 0 Å². The van der Waals surface area contributed by atoms with Crippen LogP contribution in [0.1, 0.15) is 31.2 Å². The third-order valence-electron chi connectivity index (χ3n) is 5.55. The first-order chi connectivity index (χ1) is 12.6. The molecule has 1 atom stereocenters. The van der Waals surface area contributed by atoms with Gasteiger partial charge in [-0.15, -0.1) is 12.4 Å². The molecular formula is C20H30ClN3O3. The zero-order valence-corrected chi connectivity index (χ0v) is 16.5. The predicted octanol–water partition coefficient (Wildman–Crippen LogP) is 1.72. The van der Waals surface area contributed by atoms with E-state index < -0.39 is 6.04 Å². The van der Waals surface area contributed by atoms with Gasteiger partial charge in [0.05, 0.1) is 6.04 Å². The third kappa shape index (κ3) is 5.92. The lowest BCUT2D eigenvalue weighted by Gasteiger charge is -2.35. The summed E-state index contributed by atoms with van der Waals surface area (Å²) in [5, 5.41) is 3.01. The Labute approximate surface area is 167 Å². The SMILES string of the molecule is Cl.NC(C(=O)N1CCC(C(=O)NCc2ccccc2)CC1)C1CCOCC1. The van der Waals surface area contributed by atoms with Crippen molar-refractivity contribution in [2.24, 2.45) is 17.6 Å². The molecule has 2 aliphatic heterocycles. The van der Waals surface area contributed by atoms with Crippen molar-refractivity contribution in [3.8, 4) is 0 Å². The summed E-state index contributed by atoms with van der Waals surface area (Å²) in [5.41, 5.74) is 7.30. The number of likely N-dealkylation sites (tertiary alicyclic amines) is 1. The lowest BCUT2D eigenvalue weighted by molar-refractivity contribution is -0.138. The van der Waals surface area contributed by atoms with E-state index in [1.54, 1.807) is 0 Å². The number of nitrogens with two attached hydrogens (primary N) is 1. The molecule has 2 fully saturated rings. The fourth-order valence-electron chi connectivity index (χ4n) is 3.78. The monoisotopic (exact) mass is 395 g/mol. The molecule has 0 bridgehead atoms. The van der Waals surface area contributed by atoms with Gasteiger partial charge >= 0.3 is 0 Å². The fraction of sp³-hybridized carbons (Fsp3) is 0.600. The predicted molar refractivity (Wildman–Crippen MR) is 106 cm³/mol. The van der Waals surface area contributed by atoms with Crippen LogP contribution < -0.4 is 11.1 Å². The molecule has 3 rings (SSSR count). The summed E-state index contributed by atoms with van der Waals surface area (Å²) in [6.07, 6.45) is 3.11. The van der Waals surface area contributed by atoms with E-state index in [9.17, 15) is 9.59 Å². The van der Waals surface area contributed by atoms with Gasteiger partial charge in [-0.2, -0.15) is 0 Å². The van der Waals surface area contributed by atoms with Gasteiger partial charge in [0.25, 0.3) is 0 Å². The van der Waals surface area contributed by atoms with Gasteiger partial charge in [0.1, 0.15) is 0 Å². The smallest absolute Gasteiger partial charge is 0.239 e. The molecule has 7 heteroatoms. The number of carbonyl (C=O) groups is 2. The Balaban J connectivity index is 0.00000261. The minimum Gasteiger partial charge on any atom is -0.381 e. The van der Waals surface area contributed by atoms with Crippen LogP contribution in [0.25, 0.3) is 0 Å². The molecule has 0 aliphatic carbocycles. The second-order valence-corrected chi connectivity index (χ2v) is 7.28. The second kappa shape index (κ2) is 10.6. The average Bonchev–Trinajstić information content (AvgIpc) is 2.72. The highest BCUT2D eigenvalue weighted by Crippen LogP contribution is 2.22. The largest absolute Gasteiger partial charge is 0.381 e. The number of carbonyl (C=O) groups excluding carboxylic acids is 2. The zero-order chi connectivity index (χ0) is 18.4. The van der Waals surface area contributed by atoms with E-state index >= 15 is 0 Å². The standard InChI is InChI=1S/C20H29N3O3.ClH/c21-18(16-8-12-26-13-9-16)20(25)23-10-6-17(7-11-23)19(24)22-14-15-4-2-1-3-5-15;/h1-5,16-18H,6-14,21H2,(H,22,24);1H. The summed E-state index contributed by atoms with van der Waals surface area (Å²) in [6.45, 7) is 3.15. The minimum atomic E-state index is -0.442. The van der Waals surface area contributed by atoms with Crippen molar-refractivity contribution >= 4 is 24.2 Å². The molecule has 3 N–H and O–H groups in total. The van der Waals surface area contributed by atoms with E-state index in [0.717, 1.165) is 18.4 Å². The maximum atomic E-state index is 12.6. The Bertz CT molecular complexity index is 600. The maximum Gasteiger partial charge on any atom is 0.239 e. The third-order valence-corrected chi connectivity index (χ3v) is 5.55. The Morgan fingerprint density at radius 3 is 2.37 bits per heavy atom. The topological polar surface area (TPSA) is 84.7 Å². The molecular weight excluding hydrogens is 366 g/mol. The normalized spacial score (nSPS) is 19.8. The van der Waals surface area contributed by atoms with Gasteiger partial charge in [-0.1, -0.05) is 30.3 Å². The Kier molecular flexibility index (Phi) is 8.54. The molecule has 1 aromatic carbocycles. The Hall–Kier alpha value is -1.63. The quantitative estimate of drug-likeness (QED) is 0.794. The molecule has 2 aliphatic rings. The summed E-state index contributed by atoms with van der Waals surface area (Å²) >= 11 is 0. The first kappa shape index (κ1) is 21.7. The summed E-state index contributed by atoms with van der Waals surface area (Å²) in [5.74, 6) is 0.292. The van der Waals surface area contributed by atoms with E-state index in [4.69, 9.17) is 10.5 Å². The van der Waals surface area contributed by atoms with Crippen molar-refractivity contribution in [3.63, 3.8) is 0 Å². The number of nitrogens with zero attached hydrogens (tertiary/aromatic N) is 1. The van der Waals surface area contributed by atoms with Crippen molar-refractivity contribution in [2.75, 3.05) is 26.3 Å². The highest BCUT2D eigenvalue weighted by molar-refractivity contribution is 5.85. The first-order valence-electron chi connectivity index (χ1n) is 9.59. The molecule has 27 heavy (non-hydrogen) atoms. The molecule has 150 valence electrons. The van der Waals surface area contributed by atoms with Crippen molar-refractivity contribution in [1.29, 1.82) is 0 Å². The fourth-order valence-corrected chi connectivity index (χ4v) is 3.78. The van der Waals surface area contributed by atoms with E-state index in [1.807, 2.05) is 35.2 Å². The van der Waals surface area contributed by atoms with Crippen LogP contribution in [0.2, 0.25) is 0 Å². The van der Waals surface area contributed by atoms with Crippen LogP contribution in [0, 0.1) is 11.8 Å². The minimum absolute atomic E-state index is 0. The molecule has 2 saturated heterocycles. The van der Waals surface area contributed by atoms with E-state index in [0.29, 0.717) is 45.7 Å². The maximum absolute atomic E-state index is 12.6.